The normalized spacial score (nSPS) is 17.6. The van der Waals surface area contributed by atoms with Gasteiger partial charge in [-0.25, -0.2) is 4.98 Å². The van der Waals surface area contributed by atoms with Gasteiger partial charge in [0.15, 0.2) is 5.76 Å². The summed E-state index contributed by atoms with van der Waals surface area (Å²) in [6.07, 6.45) is 3.41. The van der Waals surface area contributed by atoms with Crippen molar-refractivity contribution in [2.75, 3.05) is 33.8 Å². The van der Waals surface area contributed by atoms with Crippen molar-refractivity contribution in [2.24, 2.45) is 0 Å². The molecule has 1 unspecified atom stereocenters. The molecule has 3 aromatic rings. The van der Waals surface area contributed by atoms with Crippen molar-refractivity contribution in [2.45, 2.75) is 13.0 Å². The van der Waals surface area contributed by atoms with Gasteiger partial charge in [0.2, 0.25) is 0 Å². The number of hydrogen-bond acceptors (Lipinski definition) is 6. The second kappa shape index (κ2) is 9.52. The summed E-state index contributed by atoms with van der Waals surface area (Å²) >= 11 is 0. The highest BCUT2D eigenvalue weighted by atomic mass is 16.5. The van der Waals surface area contributed by atoms with Crippen LogP contribution in [0.3, 0.4) is 0 Å². The minimum absolute atomic E-state index is 0.0402. The van der Waals surface area contributed by atoms with E-state index in [1.54, 1.807) is 41.8 Å². The molecule has 1 atom stereocenters. The minimum atomic E-state index is -0.763. The highest BCUT2D eigenvalue weighted by Crippen LogP contribution is 2.40. The molecule has 0 radical (unpaired) electrons. The summed E-state index contributed by atoms with van der Waals surface area (Å²) in [5.41, 5.74) is 2.31. The lowest BCUT2D eigenvalue weighted by Gasteiger charge is -2.26. The van der Waals surface area contributed by atoms with Crippen LogP contribution in [0.5, 0.6) is 5.75 Å². The number of benzene rings is 1. The van der Waals surface area contributed by atoms with E-state index in [9.17, 15) is 14.7 Å². The first-order valence-electron chi connectivity index (χ1n) is 11.0. The predicted octanol–water partition coefficient (Wildman–Crippen LogP) is 3.19. The molecule has 0 saturated carbocycles. The minimum Gasteiger partial charge on any atom is -0.505 e. The number of aliphatic hydroxyl groups is 1. The van der Waals surface area contributed by atoms with Crippen LogP contribution in [0.1, 0.15) is 23.0 Å². The Morgan fingerprint density at radius 1 is 1.24 bits per heavy atom. The number of aromatic nitrogens is 2. The van der Waals surface area contributed by atoms with Gasteiger partial charge in [0.05, 0.1) is 17.3 Å². The van der Waals surface area contributed by atoms with E-state index >= 15 is 0 Å². The summed E-state index contributed by atoms with van der Waals surface area (Å²) in [6.45, 7) is 6.64. The number of carbonyl (C=O) groups is 2. The SMILES string of the molecule is C=CCOc1cccc(C2/C(=C(\O)c3c(C)nc4ccccn34)C(=O)C(=O)N2CCN(C)C)c1. The Bertz CT molecular complexity index is 1290. The molecule has 1 aliphatic heterocycles. The van der Waals surface area contributed by atoms with E-state index in [4.69, 9.17) is 4.74 Å². The van der Waals surface area contributed by atoms with E-state index in [1.165, 1.54) is 4.90 Å². The van der Waals surface area contributed by atoms with Crippen molar-refractivity contribution < 1.29 is 19.4 Å². The number of ketones is 1. The molecule has 8 heteroatoms. The standard InChI is InChI=1S/C26H28N4O4/c1-5-15-34-19-10-8-9-18(16-19)23-21(25(32)26(33)30(23)14-13-28(3)4)24(31)22-17(2)27-20-11-6-7-12-29(20)22/h5-12,16,23,31H,1,13-15H2,2-4H3/b24-21+. The van der Waals surface area contributed by atoms with Gasteiger partial charge in [-0.2, -0.15) is 0 Å². The summed E-state index contributed by atoms with van der Waals surface area (Å²) in [5, 5.41) is 11.5. The van der Waals surface area contributed by atoms with Crippen LogP contribution in [-0.4, -0.2) is 69.8 Å². The van der Waals surface area contributed by atoms with Gasteiger partial charge < -0.3 is 19.6 Å². The van der Waals surface area contributed by atoms with Crippen LogP contribution in [0.2, 0.25) is 0 Å². The number of likely N-dealkylation sites (N-methyl/N-ethyl adjacent to an activating group) is 1. The van der Waals surface area contributed by atoms with Crippen molar-refractivity contribution in [1.82, 2.24) is 19.2 Å². The topological polar surface area (TPSA) is 87.4 Å². The van der Waals surface area contributed by atoms with Crippen LogP contribution in [0.25, 0.3) is 11.4 Å². The number of hydrogen-bond donors (Lipinski definition) is 1. The van der Waals surface area contributed by atoms with E-state index in [2.05, 4.69) is 11.6 Å². The smallest absolute Gasteiger partial charge is 0.295 e. The Kier molecular flexibility index (Phi) is 6.51. The van der Waals surface area contributed by atoms with Crippen LogP contribution in [0.15, 0.2) is 66.9 Å². The molecule has 1 saturated heterocycles. The fraction of sp³-hybridized carbons (Fsp3) is 0.269. The number of likely N-dealkylation sites (tertiary alicyclic amines) is 1. The molecule has 176 valence electrons. The first kappa shape index (κ1) is 23.3. The lowest BCUT2D eigenvalue weighted by Crippen LogP contribution is -2.35. The van der Waals surface area contributed by atoms with Crippen LogP contribution < -0.4 is 4.74 Å². The molecule has 0 spiro atoms. The van der Waals surface area contributed by atoms with Crippen LogP contribution in [0.4, 0.5) is 0 Å². The number of Topliss-reactive ketones (excluding diaryl/α,β-unsaturated/α-hetero) is 1. The number of amides is 1. The Labute approximate surface area is 198 Å². The van der Waals surface area contributed by atoms with Gasteiger partial charge >= 0.3 is 0 Å². The number of fused-ring (bicyclic) bond motifs is 1. The van der Waals surface area contributed by atoms with Gasteiger partial charge in [0.25, 0.3) is 11.7 Å². The number of nitrogens with zero attached hydrogens (tertiary/aromatic N) is 4. The molecule has 8 nitrogen and oxygen atoms in total. The lowest BCUT2D eigenvalue weighted by molar-refractivity contribution is -0.140. The van der Waals surface area contributed by atoms with Crippen molar-refractivity contribution in [3.63, 3.8) is 0 Å². The monoisotopic (exact) mass is 460 g/mol. The molecule has 1 N–H and O–H groups in total. The predicted molar refractivity (Wildman–Crippen MR) is 130 cm³/mol. The van der Waals surface area contributed by atoms with Gasteiger partial charge in [0, 0.05) is 19.3 Å². The molecule has 1 aromatic carbocycles. The lowest BCUT2D eigenvalue weighted by atomic mass is 9.96. The molecule has 1 fully saturated rings. The highest BCUT2D eigenvalue weighted by molar-refractivity contribution is 6.46. The Balaban J connectivity index is 1.90. The second-order valence-electron chi connectivity index (χ2n) is 8.44. The molecule has 2 aromatic heterocycles. The van der Waals surface area contributed by atoms with Gasteiger partial charge in [-0.05, 0) is 50.8 Å². The molecule has 4 rings (SSSR count). The molecule has 3 heterocycles. The number of aliphatic hydroxyl groups excluding tert-OH is 1. The van der Waals surface area contributed by atoms with E-state index in [0.29, 0.717) is 48.0 Å². The number of ether oxygens (including phenoxy) is 1. The number of imidazole rings is 1. The number of aryl methyl sites for hydroxylation is 1. The Morgan fingerprint density at radius 2 is 2.03 bits per heavy atom. The van der Waals surface area contributed by atoms with Crippen molar-refractivity contribution in [1.29, 1.82) is 0 Å². The maximum absolute atomic E-state index is 13.3. The third-order valence-electron chi connectivity index (χ3n) is 5.80. The van der Waals surface area contributed by atoms with Gasteiger partial charge in [-0.3, -0.25) is 14.0 Å². The van der Waals surface area contributed by atoms with Crippen molar-refractivity contribution in [3.8, 4) is 5.75 Å². The molecule has 1 amide bonds. The maximum atomic E-state index is 13.3. The Morgan fingerprint density at radius 3 is 2.76 bits per heavy atom. The number of carbonyl (C=O) groups excluding carboxylic acids is 2. The number of rotatable bonds is 8. The van der Waals surface area contributed by atoms with Crippen LogP contribution in [0, 0.1) is 6.92 Å². The average Bonchev–Trinajstić information content (AvgIpc) is 3.29. The first-order valence-corrected chi connectivity index (χ1v) is 11.0. The average molecular weight is 461 g/mol. The van der Waals surface area contributed by atoms with Crippen LogP contribution in [-0.2, 0) is 9.59 Å². The first-order chi connectivity index (χ1) is 16.3. The zero-order chi connectivity index (χ0) is 24.4. The van der Waals surface area contributed by atoms with E-state index in [1.807, 2.05) is 43.3 Å². The number of pyridine rings is 1. The largest absolute Gasteiger partial charge is 0.505 e. The quantitative estimate of drug-likeness (QED) is 0.240. The summed E-state index contributed by atoms with van der Waals surface area (Å²) in [6, 6.07) is 11.9. The zero-order valence-corrected chi connectivity index (χ0v) is 19.6. The fourth-order valence-corrected chi connectivity index (χ4v) is 4.22. The summed E-state index contributed by atoms with van der Waals surface area (Å²) < 4.78 is 7.40. The molecular formula is C26H28N4O4. The zero-order valence-electron chi connectivity index (χ0n) is 19.6. The van der Waals surface area contributed by atoms with Crippen LogP contribution >= 0.6 is 0 Å². The van der Waals surface area contributed by atoms with E-state index in [-0.39, 0.29) is 11.3 Å². The van der Waals surface area contributed by atoms with Gasteiger partial charge in [-0.15, -0.1) is 0 Å². The fourth-order valence-electron chi connectivity index (χ4n) is 4.22. The van der Waals surface area contributed by atoms with E-state index in [0.717, 1.165) is 0 Å². The second-order valence-corrected chi connectivity index (χ2v) is 8.44. The molecular weight excluding hydrogens is 432 g/mol. The van der Waals surface area contributed by atoms with Gasteiger partial charge in [-0.1, -0.05) is 30.9 Å². The summed E-state index contributed by atoms with van der Waals surface area (Å²) in [5.74, 6) is -1.02. The van der Waals surface area contributed by atoms with Crippen molar-refractivity contribution >= 4 is 23.1 Å². The van der Waals surface area contributed by atoms with Crippen molar-refractivity contribution in [3.05, 3.63) is 83.8 Å². The van der Waals surface area contributed by atoms with Gasteiger partial charge in [0.1, 0.15) is 23.7 Å². The highest BCUT2D eigenvalue weighted by Gasteiger charge is 2.46. The third kappa shape index (κ3) is 4.20. The maximum Gasteiger partial charge on any atom is 0.295 e. The molecule has 0 bridgehead atoms. The summed E-state index contributed by atoms with van der Waals surface area (Å²) in [4.78, 5) is 34.4. The van der Waals surface area contributed by atoms with E-state index < -0.39 is 17.7 Å². The Hall–Kier alpha value is -3.91. The molecule has 1 aliphatic rings. The summed E-state index contributed by atoms with van der Waals surface area (Å²) in [7, 11) is 3.80. The molecule has 34 heavy (non-hydrogen) atoms. The third-order valence-corrected chi connectivity index (χ3v) is 5.80. The molecule has 0 aliphatic carbocycles.